The Morgan fingerprint density at radius 3 is 2.56 bits per heavy atom. The molecule has 3 heteroatoms. The maximum absolute atomic E-state index is 13.5. The summed E-state index contributed by atoms with van der Waals surface area (Å²) >= 11 is 0. The molecule has 1 N–H and O–H groups in total. The molecule has 0 aliphatic heterocycles. The fourth-order valence-corrected chi connectivity index (χ4v) is 1.75. The molecule has 1 aromatic rings. The van der Waals surface area contributed by atoms with Crippen molar-refractivity contribution in [2.75, 3.05) is 24.6 Å². The molecule has 0 heterocycles. The van der Waals surface area contributed by atoms with Crippen LogP contribution < -0.4 is 4.90 Å². The lowest BCUT2D eigenvalue weighted by Crippen LogP contribution is -2.24. The van der Waals surface area contributed by atoms with E-state index in [4.69, 9.17) is 5.11 Å². The molecule has 0 bridgehead atoms. The smallest absolute Gasteiger partial charge is 0.146 e. The Morgan fingerprint density at radius 1 is 1.19 bits per heavy atom. The quantitative estimate of drug-likeness (QED) is 0.721. The van der Waals surface area contributed by atoms with E-state index in [0.717, 1.165) is 32.4 Å². The van der Waals surface area contributed by atoms with E-state index in [1.165, 1.54) is 6.07 Å². The van der Waals surface area contributed by atoms with Crippen molar-refractivity contribution in [3.05, 3.63) is 30.1 Å². The van der Waals surface area contributed by atoms with E-state index >= 15 is 0 Å². The number of anilines is 1. The van der Waals surface area contributed by atoms with Crippen molar-refractivity contribution in [1.82, 2.24) is 0 Å². The zero-order valence-corrected chi connectivity index (χ0v) is 9.82. The zero-order chi connectivity index (χ0) is 11.8. The number of unbranched alkanes of at least 4 members (excludes halogenated alkanes) is 2. The molecule has 0 unspecified atom stereocenters. The molecule has 0 aliphatic carbocycles. The molecular formula is C13H20FNO. The molecule has 2 nitrogen and oxygen atoms in total. The van der Waals surface area contributed by atoms with Gasteiger partial charge in [-0.3, -0.25) is 0 Å². The van der Waals surface area contributed by atoms with Crippen LogP contribution in [0.4, 0.5) is 10.1 Å². The number of hydrogen-bond acceptors (Lipinski definition) is 2. The molecular weight excluding hydrogens is 205 g/mol. The Bertz CT molecular complexity index is 304. The number of hydrogen-bond donors (Lipinski definition) is 1. The molecule has 0 fully saturated rings. The van der Waals surface area contributed by atoms with Gasteiger partial charge in [-0.2, -0.15) is 0 Å². The largest absolute Gasteiger partial charge is 0.396 e. The second-order valence-electron chi connectivity index (χ2n) is 3.82. The Kier molecular flexibility index (Phi) is 5.86. The third kappa shape index (κ3) is 3.81. The summed E-state index contributed by atoms with van der Waals surface area (Å²) in [5.41, 5.74) is 0.675. The summed E-state index contributed by atoms with van der Waals surface area (Å²) < 4.78 is 13.5. The number of nitrogens with zero attached hydrogens (tertiary/aromatic N) is 1. The van der Waals surface area contributed by atoms with Crippen molar-refractivity contribution >= 4 is 5.69 Å². The first-order valence-corrected chi connectivity index (χ1v) is 5.90. The number of para-hydroxylation sites is 1. The third-order valence-corrected chi connectivity index (χ3v) is 2.66. The van der Waals surface area contributed by atoms with Crippen molar-refractivity contribution in [3.63, 3.8) is 0 Å². The zero-order valence-electron chi connectivity index (χ0n) is 9.82. The van der Waals surface area contributed by atoms with Crippen molar-refractivity contribution in [2.24, 2.45) is 0 Å². The van der Waals surface area contributed by atoms with Crippen LogP contribution >= 0.6 is 0 Å². The number of benzene rings is 1. The monoisotopic (exact) mass is 225 g/mol. The highest BCUT2D eigenvalue weighted by Crippen LogP contribution is 2.18. The Morgan fingerprint density at radius 2 is 1.94 bits per heavy atom. The molecule has 0 radical (unpaired) electrons. The summed E-state index contributed by atoms with van der Waals surface area (Å²) in [5.74, 6) is -0.161. The van der Waals surface area contributed by atoms with E-state index in [0.29, 0.717) is 5.69 Å². The SMILES string of the molecule is CCN(CCCCCO)c1ccccc1F. The standard InChI is InChI=1S/C13H20FNO/c1-2-15(10-6-3-7-11-16)13-9-5-4-8-12(13)14/h4-5,8-9,16H,2-3,6-7,10-11H2,1H3. The molecule has 1 rings (SSSR count). The summed E-state index contributed by atoms with van der Waals surface area (Å²) in [6.07, 6.45) is 2.80. The second-order valence-corrected chi connectivity index (χ2v) is 3.82. The fraction of sp³-hybridized carbons (Fsp3) is 0.538. The van der Waals surface area contributed by atoms with E-state index in [9.17, 15) is 4.39 Å². The van der Waals surface area contributed by atoms with E-state index in [2.05, 4.69) is 0 Å². The summed E-state index contributed by atoms with van der Waals surface area (Å²) in [6, 6.07) is 6.86. The van der Waals surface area contributed by atoms with Crippen molar-refractivity contribution in [3.8, 4) is 0 Å². The molecule has 1 aromatic carbocycles. The van der Waals surface area contributed by atoms with Crippen LogP contribution in [0.5, 0.6) is 0 Å². The Hall–Kier alpha value is -1.09. The average molecular weight is 225 g/mol. The first-order chi connectivity index (χ1) is 7.79. The summed E-state index contributed by atoms with van der Waals surface area (Å²) in [7, 11) is 0. The lowest BCUT2D eigenvalue weighted by Gasteiger charge is -2.23. The van der Waals surface area contributed by atoms with Crippen LogP contribution in [0, 0.1) is 5.82 Å². The number of aliphatic hydroxyl groups is 1. The normalized spacial score (nSPS) is 10.4. The van der Waals surface area contributed by atoms with E-state index in [1.54, 1.807) is 6.07 Å². The molecule has 0 aromatic heterocycles. The highest BCUT2D eigenvalue weighted by atomic mass is 19.1. The molecule has 16 heavy (non-hydrogen) atoms. The molecule has 0 aliphatic rings. The van der Waals surface area contributed by atoms with Gasteiger partial charge in [0.2, 0.25) is 0 Å². The minimum Gasteiger partial charge on any atom is -0.396 e. The lowest BCUT2D eigenvalue weighted by atomic mass is 10.2. The van der Waals surface area contributed by atoms with E-state index in [1.807, 2.05) is 24.0 Å². The second kappa shape index (κ2) is 7.23. The molecule has 0 saturated heterocycles. The van der Waals surface area contributed by atoms with Crippen LogP contribution in [-0.4, -0.2) is 24.8 Å². The van der Waals surface area contributed by atoms with Crippen LogP contribution in [0.1, 0.15) is 26.2 Å². The topological polar surface area (TPSA) is 23.5 Å². The summed E-state index contributed by atoms with van der Waals surface area (Å²) in [6.45, 7) is 3.92. The average Bonchev–Trinajstić information content (AvgIpc) is 2.31. The number of halogens is 1. The van der Waals surface area contributed by atoms with Gasteiger partial charge in [-0.15, -0.1) is 0 Å². The van der Waals surface area contributed by atoms with Crippen LogP contribution in [0.3, 0.4) is 0 Å². The number of rotatable bonds is 7. The molecule has 0 spiro atoms. The molecule has 0 saturated carbocycles. The molecule has 90 valence electrons. The van der Waals surface area contributed by atoms with Gasteiger partial charge in [0.1, 0.15) is 5.82 Å². The van der Waals surface area contributed by atoms with Crippen LogP contribution in [0.15, 0.2) is 24.3 Å². The molecule has 0 amide bonds. The Labute approximate surface area is 96.7 Å². The fourth-order valence-electron chi connectivity index (χ4n) is 1.75. The van der Waals surface area contributed by atoms with Gasteiger partial charge in [-0.25, -0.2) is 4.39 Å². The minimum absolute atomic E-state index is 0.161. The predicted octanol–water partition coefficient (Wildman–Crippen LogP) is 2.81. The van der Waals surface area contributed by atoms with Crippen molar-refractivity contribution in [2.45, 2.75) is 26.2 Å². The minimum atomic E-state index is -0.161. The first-order valence-electron chi connectivity index (χ1n) is 5.90. The van der Waals surface area contributed by atoms with Crippen LogP contribution in [-0.2, 0) is 0 Å². The van der Waals surface area contributed by atoms with Gasteiger partial charge < -0.3 is 10.0 Å². The lowest BCUT2D eigenvalue weighted by molar-refractivity contribution is 0.283. The first kappa shape index (κ1) is 13.0. The van der Waals surface area contributed by atoms with Gasteiger partial charge in [0.05, 0.1) is 5.69 Å². The van der Waals surface area contributed by atoms with E-state index in [-0.39, 0.29) is 12.4 Å². The highest BCUT2D eigenvalue weighted by Gasteiger charge is 2.08. The van der Waals surface area contributed by atoms with Gasteiger partial charge >= 0.3 is 0 Å². The Balaban J connectivity index is 2.51. The molecule has 0 atom stereocenters. The van der Waals surface area contributed by atoms with E-state index < -0.39 is 0 Å². The van der Waals surface area contributed by atoms with Crippen molar-refractivity contribution in [1.29, 1.82) is 0 Å². The van der Waals surface area contributed by atoms with Gasteiger partial charge in [0.25, 0.3) is 0 Å². The maximum atomic E-state index is 13.5. The van der Waals surface area contributed by atoms with Crippen molar-refractivity contribution < 1.29 is 9.50 Å². The predicted molar refractivity (Wildman–Crippen MR) is 65.2 cm³/mol. The third-order valence-electron chi connectivity index (χ3n) is 2.66. The van der Waals surface area contributed by atoms with Gasteiger partial charge in [0.15, 0.2) is 0 Å². The van der Waals surface area contributed by atoms with Crippen LogP contribution in [0.25, 0.3) is 0 Å². The van der Waals surface area contributed by atoms with Crippen LogP contribution in [0.2, 0.25) is 0 Å². The summed E-state index contributed by atoms with van der Waals surface area (Å²) in [4.78, 5) is 2.03. The number of aliphatic hydroxyl groups excluding tert-OH is 1. The summed E-state index contributed by atoms with van der Waals surface area (Å²) in [5, 5.41) is 8.68. The van der Waals surface area contributed by atoms with Gasteiger partial charge in [0, 0.05) is 19.7 Å². The van der Waals surface area contributed by atoms with Gasteiger partial charge in [-0.1, -0.05) is 12.1 Å². The maximum Gasteiger partial charge on any atom is 0.146 e. The van der Waals surface area contributed by atoms with Gasteiger partial charge in [-0.05, 0) is 38.3 Å². The highest BCUT2D eigenvalue weighted by molar-refractivity contribution is 5.47.